The SMILES string of the molecule is C[C@@H](CF)NCc1ccccc1. The summed E-state index contributed by atoms with van der Waals surface area (Å²) >= 11 is 0. The van der Waals surface area contributed by atoms with Crippen molar-refractivity contribution < 1.29 is 4.39 Å². The molecule has 0 saturated carbocycles. The molecule has 1 rings (SSSR count). The first kappa shape index (κ1) is 9.20. The largest absolute Gasteiger partial charge is 0.308 e. The second-order valence-electron chi connectivity index (χ2n) is 2.92. The molecule has 1 atom stereocenters. The maximum atomic E-state index is 12.0. The Hall–Kier alpha value is -0.890. The summed E-state index contributed by atoms with van der Waals surface area (Å²) in [6.45, 7) is 2.27. The molecule has 66 valence electrons. The summed E-state index contributed by atoms with van der Waals surface area (Å²) in [7, 11) is 0. The molecule has 0 saturated heterocycles. The van der Waals surface area contributed by atoms with Crippen molar-refractivity contribution in [2.75, 3.05) is 6.67 Å². The molecule has 1 N–H and O–H groups in total. The quantitative estimate of drug-likeness (QED) is 0.724. The van der Waals surface area contributed by atoms with E-state index in [0.29, 0.717) is 0 Å². The first-order valence-corrected chi connectivity index (χ1v) is 4.16. The summed E-state index contributed by atoms with van der Waals surface area (Å²) in [5, 5.41) is 3.07. The molecular formula is C10H14FN. The molecule has 0 spiro atoms. The fourth-order valence-electron chi connectivity index (χ4n) is 0.942. The van der Waals surface area contributed by atoms with E-state index in [2.05, 4.69) is 5.32 Å². The van der Waals surface area contributed by atoms with Crippen molar-refractivity contribution in [2.24, 2.45) is 0 Å². The average Bonchev–Trinajstić information content (AvgIpc) is 2.16. The molecule has 0 aliphatic carbocycles. The van der Waals surface area contributed by atoms with E-state index in [0.717, 1.165) is 6.54 Å². The highest BCUT2D eigenvalue weighted by atomic mass is 19.1. The van der Waals surface area contributed by atoms with Gasteiger partial charge in [0.15, 0.2) is 0 Å². The molecule has 0 heterocycles. The normalized spacial score (nSPS) is 12.8. The van der Waals surface area contributed by atoms with E-state index in [1.54, 1.807) is 0 Å². The Bertz CT molecular complexity index is 210. The van der Waals surface area contributed by atoms with Gasteiger partial charge in [0.2, 0.25) is 0 Å². The fourth-order valence-corrected chi connectivity index (χ4v) is 0.942. The average molecular weight is 167 g/mol. The van der Waals surface area contributed by atoms with Crippen LogP contribution >= 0.6 is 0 Å². The van der Waals surface area contributed by atoms with Crippen LogP contribution in [0.1, 0.15) is 12.5 Å². The Morgan fingerprint density at radius 2 is 2.00 bits per heavy atom. The zero-order chi connectivity index (χ0) is 8.81. The highest BCUT2D eigenvalue weighted by Crippen LogP contribution is 1.97. The number of benzene rings is 1. The topological polar surface area (TPSA) is 12.0 Å². The van der Waals surface area contributed by atoms with Crippen LogP contribution in [0.25, 0.3) is 0 Å². The van der Waals surface area contributed by atoms with Gasteiger partial charge < -0.3 is 5.32 Å². The fraction of sp³-hybridized carbons (Fsp3) is 0.400. The minimum Gasteiger partial charge on any atom is -0.308 e. The predicted molar refractivity (Wildman–Crippen MR) is 48.7 cm³/mol. The van der Waals surface area contributed by atoms with Crippen molar-refractivity contribution in [1.82, 2.24) is 5.32 Å². The lowest BCUT2D eigenvalue weighted by molar-refractivity contribution is 0.391. The van der Waals surface area contributed by atoms with Crippen LogP contribution in [-0.4, -0.2) is 12.7 Å². The Kier molecular flexibility index (Phi) is 3.74. The molecule has 0 aliphatic heterocycles. The maximum absolute atomic E-state index is 12.0. The molecule has 12 heavy (non-hydrogen) atoms. The standard InChI is InChI=1S/C10H14FN/c1-9(7-11)12-8-10-5-3-2-4-6-10/h2-6,9,12H,7-8H2,1H3/t9-/m0/s1. The van der Waals surface area contributed by atoms with Crippen LogP contribution in [0.4, 0.5) is 4.39 Å². The first-order chi connectivity index (χ1) is 5.83. The van der Waals surface area contributed by atoms with Crippen molar-refractivity contribution in [3.05, 3.63) is 35.9 Å². The molecule has 0 radical (unpaired) electrons. The molecule has 1 nitrogen and oxygen atoms in total. The third kappa shape index (κ3) is 3.01. The summed E-state index contributed by atoms with van der Waals surface area (Å²) in [5.41, 5.74) is 1.19. The second-order valence-corrected chi connectivity index (χ2v) is 2.92. The summed E-state index contributed by atoms with van der Waals surface area (Å²) in [6, 6.07) is 9.94. The van der Waals surface area contributed by atoms with Crippen LogP contribution < -0.4 is 5.32 Å². The molecule has 1 aromatic carbocycles. The summed E-state index contributed by atoms with van der Waals surface area (Å²) in [4.78, 5) is 0. The highest BCUT2D eigenvalue weighted by Gasteiger charge is 1.98. The van der Waals surface area contributed by atoms with Crippen LogP contribution in [0.3, 0.4) is 0 Å². The van der Waals surface area contributed by atoms with Crippen molar-refractivity contribution in [2.45, 2.75) is 19.5 Å². The van der Waals surface area contributed by atoms with Gasteiger partial charge in [-0.3, -0.25) is 0 Å². The van der Waals surface area contributed by atoms with E-state index >= 15 is 0 Å². The molecule has 0 aromatic heterocycles. The van der Waals surface area contributed by atoms with Crippen molar-refractivity contribution in [1.29, 1.82) is 0 Å². The minimum absolute atomic E-state index is 0.0507. The number of nitrogens with one attached hydrogen (secondary N) is 1. The van der Waals surface area contributed by atoms with Gasteiger partial charge in [0.1, 0.15) is 6.67 Å². The Labute approximate surface area is 72.6 Å². The van der Waals surface area contributed by atoms with E-state index in [-0.39, 0.29) is 12.7 Å². The Morgan fingerprint density at radius 1 is 1.33 bits per heavy atom. The van der Waals surface area contributed by atoms with Gasteiger partial charge in [0, 0.05) is 12.6 Å². The summed E-state index contributed by atoms with van der Waals surface area (Å²) in [5.74, 6) is 0. The zero-order valence-corrected chi connectivity index (χ0v) is 7.26. The zero-order valence-electron chi connectivity index (χ0n) is 7.26. The smallest absolute Gasteiger partial charge is 0.104 e. The predicted octanol–water partition coefficient (Wildman–Crippen LogP) is 2.13. The van der Waals surface area contributed by atoms with Crippen LogP contribution in [0.5, 0.6) is 0 Å². The monoisotopic (exact) mass is 167 g/mol. The van der Waals surface area contributed by atoms with Gasteiger partial charge in [0.25, 0.3) is 0 Å². The second kappa shape index (κ2) is 4.88. The molecule has 0 fully saturated rings. The summed E-state index contributed by atoms with van der Waals surface area (Å²) in [6.07, 6.45) is 0. The van der Waals surface area contributed by atoms with E-state index in [1.165, 1.54) is 5.56 Å². The number of rotatable bonds is 4. The van der Waals surface area contributed by atoms with Crippen molar-refractivity contribution >= 4 is 0 Å². The van der Waals surface area contributed by atoms with Gasteiger partial charge in [-0.1, -0.05) is 30.3 Å². The van der Waals surface area contributed by atoms with Crippen molar-refractivity contribution in [3.63, 3.8) is 0 Å². The minimum atomic E-state index is -0.313. The molecule has 1 aromatic rings. The number of hydrogen-bond acceptors (Lipinski definition) is 1. The van der Waals surface area contributed by atoms with E-state index in [9.17, 15) is 4.39 Å². The van der Waals surface area contributed by atoms with Gasteiger partial charge in [-0.15, -0.1) is 0 Å². The van der Waals surface area contributed by atoms with Crippen LogP contribution in [0, 0.1) is 0 Å². The van der Waals surface area contributed by atoms with Gasteiger partial charge in [0.05, 0.1) is 0 Å². The Morgan fingerprint density at radius 3 is 2.58 bits per heavy atom. The van der Waals surface area contributed by atoms with Gasteiger partial charge in [-0.05, 0) is 12.5 Å². The van der Waals surface area contributed by atoms with Crippen molar-refractivity contribution in [3.8, 4) is 0 Å². The third-order valence-corrected chi connectivity index (χ3v) is 1.73. The maximum Gasteiger partial charge on any atom is 0.104 e. The molecule has 0 amide bonds. The molecule has 2 heteroatoms. The summed E-state index contributed by atoms with van der Waals surface area (Å²) < 4.78 is 12.0. The van der Waals surface area contributed by atoms with Crippen LogP contribution in [-0.2, 0) is 6.54 Å². The van der Waals surface area contributed by atoms with Gasteiger partial charge in [-0.2, -0.15) is 0 Å². The molecule has 0 bridgehead atoms. The molecule has 0 unspecified atom stereocenters. The molecular weight excluding hydrogens is 153 g/mol. The highest BCUT2D eigenvalue weighted by molar-refractivity contribution is 5.14. The Balaban J connectivity index is 2.33. The number of hydrogen-bond donors (Lipinski definition) is 1. The van der Waals surface area contributed by atoms with Gasteiger partial charge >= 0.3 is 0 Å². The lowest BCUT2D eigenvalue weighted by Crippen LogP contribution is -2.26. The first-order valence-electron chi connectivity index (χ1n) is 4.16. The molecule has 0 aliphatic rings. The van der Waals surface area contributed by atoms with E-state index in [4.69, 9.17) is 0 Å². The lowest BCUT2D eigenvalue weighted by atomic mass is 10.2. The van der Waals surface area contributed by atoms with Gasteiger partial charge in [-0.25, -0.2) is 4.39 Å². The third-order valence-electron chi connectivity index (χ3n) is 1.73. The lowest BCUT2D eigenvalue weighted by Gasteiger charge is -2.08. The van der Waals surface area contributed by atoms with Crippen LogP contribution in [0.15, 0.2) is 30.3 Å². The number of alkyl halides is 1. The van der Waals surface area contributed by atoms with E-state index < -0.39 is 0 Å². The van der Waals surface area contributed by atoms with E-state index in [1.807, 2.05) is 37.3 Å². The number of halogens is 1. The van der Waals surface area contributed by atoms with Crippen LogP contribution in [0.2, 0.25) is 0 Å².